The van der Waals surface area contributed by atoms with Crippen molar-refractivity contribution in [1.82, 2.24) is 5.32 Å². The van der Waals surface area contributed by atoms with Gasteiger partial charge in [-0.25, -0.2) is 0 Å². The molecule has 0 fully saturated rings. The van der Waals surface area contributed by atoms with Crippen LogP contribution < -0.4 is 10.1 Å². The molecule has 1 N–H and O–H groups in total. The second-order valence-corrected chi connectivity index (χ2v) is 5.17. The van der Waals surface area contributed by atoms with E-state index in [2.05, 4.69) is 22.8 Å². The minimum absolute atomic E-state index is 0.570. The van der Waals surface area contributed by atoms with Gasteiger partial charge in [0.15, 0.2) is 0 Å². The van der Waals surface area contributed by atoms with Gasteiger partial charge in [-0.3, -0.25) is 0 Å². The molecule has 102 valence electrons. The summed E-state index contributed by atoms with van der Waals surface area (Å²) in [6, 6.07) is 10.3. The van der Waals surface area contributed by atoms with Crippen molar-refractivity contribution < 1.29 is 9.47 Å². The third-order valence-corrected chi connectivity index (χ3v) is 3.68. The van der Waals surface area contributed by atoms with E-state index in [1.54, 1.807) is 18.4 Å². The van der Waals surface area contributed by atoms with Crippen molar-refractivity contribution >= 4 is 11.3 Å². The molecule has 0 aliphatic heterocycles. The van der Waals surface area contributed by atoms with Crippen LogP contribution in [0.5, 0.6) is 5.75 Å². The van der Waals surface area contributed by atoms with E-state index in [9.17, 15) is 0 Å². The van der Waals surface area contributed by atoms with Gasteiger partial charge in [-0.2, -0.15) is 0 Å². The molecule has 0 aliphatic rings. The van der Waals surface area contributed by atoms with Crippen LogP contribution in [0.2, 0.25) is 0 Å². The summed E-state index contributed by atoms with van der Waals surface area (Å²) in [6.07, 6.45) is 0. The van der Waals surface area contributed by atoms with Crippen LogP contribution >= 0.6 is 11.3 Å². The topological polar surface area (TPSA) is 30.5 Å². The van der Waals surface area contributed by atoms with Gasteiger partial charge in [0.2, 0.25) is 0 Å². The molecule has 2 rings (SSSR count). The fraction of sp³-hybridized carbons (Fsp3) is 0.333. The highest BCUT2D eigenvalue weighted by Crippen LogP contribution is 2.32. The lowest BCUT2D eigenvalue weighted by Gasteiger charge is -2.10. The third-order valence-electron chi connectivity index (χ3n) is 2.75. The molecular weight excluding hydrogens is 258 g/mol. The average molecular weight is 277 g/mol. The molecule has 0 radical (unpaired) electrons. The average Bonchev–Trinajstić information content (AvgIpc) is 2.89. The van der Waals surface area contributed by atoms with E-state index in [-0.39, 0.29) is 0 Å². The molecule has 4 heteroatoms. The first-order chi connectivity index (χ1) is 9.35. The second-order valence-electron chi connectivity index (χ2n) is 4.17. The molecule has 3 nitrogen and oxygen atoms in total. The number of benzene rings is 1. The Labute approximate surface area is 118 Å². The van der Waals surface area contributed by atoms with Crippen LogP contribution in [-0.2, 0) is 11.3 Å². The summed E-state index contributed by atoms with van der Waals surface area (Å²) in [5, 5.41) is 5.34. The lowest BCUT2D eigenvalue weighted by Crippen LogP contribution is -2.05. The number of thiophene rings is 1. The van der Waals surface area contributed by atoms with Gasteiger partial charge in [-0.15, -0.1) is 11.3 Å². The molecule has 19 heavy (non-hydrogen) atoms. The minimum Gasteiger partial charge on any atom is -0.491 e. The normalized spacial score (nSPS) is 10.6. The zero-order valence-electron chi connectivity index (χ0n) is 11.3. The Morgan fingerprint density at radius 3 is 2.84 bits per heavy atom. The second kappa shape index (κ2) is 7.28. The highest BCUT2D eigenvalue weighted by Gasteiger charge is 2.08. The number of rotatable bonds is 7. The summed E-state index contributed by atoms with van der Waals surface area (Å²) in [4.78, 5) is 1.32. The summed E-state index contributed by atoms with van der Waals surface area (Å²) in [5.74, 6) is 0.911. The fourth-order valence-electron chi connectivity index (χ4n) is 1.85. The number of hydrogen-bond donors (Lipinski definition) is 1. The summed E-state index contributed by atoms with van der Waals surface area (Å²) in [7, 11) is 3.64. The van der Waals surface area contributed by atoms with Gasteiger partial charge < -0.3 is 14.8 Å². The third kappa shape index (κ3) is 3.80. The molecule has 0 atom stereocenters. The molecule has 0 bridgehead atoms. The fourth-order valence-corrected chi connectivity index (χ4v) is 2.75. The quantitative estimate of drug-likeness (QED) is 0.789. The predicted octanol–water partition coefficient (Wildman–Crippen LogP) is 3.16. The number of para-hydroxylation sites is 1. The van der Waals surface area contributed by atoms with Crippen LogP contribution in [-0.4, -0.2) is 27.4 Å². The first kappa shape index (κ1) is 14.1. The van der Waals surface area contributed by atoms with Crippen LogP contribution in [0.15, 0.2) is 35.7 Å². The Bertz CT molecular complexity index is 510. The summed E-state index contributed by atoms with van der Waals surface area (Å²) >= 11 is 1.76. The summed E-state index contributed by atoms with van der Waals surface area (Å²) in [5.41, 5.74) is 2.35. The minimum atomic E-state index is 0.570. The Morgan fingerprint density at radius 1 is 1.21 bits per heavy atom. The molecule has 0 amide bonds. The van der Waals surface area contributed by atoms with Gasteiger partial charge in [-0.05, 0) is 30.1 Å². The Kier molecular flexibility index (Phi) is 5.39. The van der Waals surface area contributed by atoms with Crippen LogP contribution in [0.3, 0.4) is 0 Å². The molecule has 1 heterocycles. The lowest BCUT2D eigenvalue weighted by atomic mass is 10.1. The van der Waals surface area contributed by atoms with Crippen molar-refractivity contribution in [3.05, 3.63) is 40.6 Å². The first-order valence-electron chi connectivity index (χ1n) is 6.28. The van der Waals surface area contributed by atoms with Gasteiger partial charge in [0.25, 0.3) is 0 Å². The van der Waals surface area contributed by atoms with Crippen molar-refractivity contribution in [1.29, 1.82) is 0 Å². The van der Waals surface area contributed by atoms with E-state index in [0.29, 0.717) is 13.2 Å². The van der Waals surface area contributed by atoms with Gasteiger partial charge >= 0.3 is 0 Å². The van der Waals surface area contributed by atoms with Crippen LogP contribution in [0.4, 0.5) is 0 Å². The van der Waals surface area contributed by atoms with Crippen molar-refractivity contribution in [2.24, 2.45) is 0 Å². The molecule has 0 unspecified atom stereocenters. The largest absolute Gasteiger partial charge is 0.491 e. The Balaban J connectivity index is 2.17. The van der Waals surface area contributed by atoms with Crippen LogP contribution in [0.1, 0.15) is 4.88 Å². The summed E-state index contributed by atoms with van der Waals surface area (Å²) in [6.45, 7) is 2.07. The van der Waals surface area contributed by atoms with Crippen molar-refractivity contribution in [3.63, 3.8) is 0 Å². The molecular formula is C15H19NO2S. The maximum atomic E-state index is 5.77. The van der Waals surface area contributed by atoms with Crippen molar-refractivity contribution in [3.8, 4) is 16.9 Å². The highest BCUT2D eigenvalue weighted by molar-refractivity contribution is 7.10. The van der Waals surface area contributed by atoms with E-state index in [1.165, 1.54) is 10.4 Å². The maximum Gasteiger partial charge on any atom is 0.127 e. The summed E-state index contributed by atoms with van der Waals surface area (Å²) < 4.78 is 10.8. The molecule has 1 aromatic heterocycles. The van der Waals surface area contributed by atoms with Crippen molar-refractivity contribution in [2.45, 2.75) is 6.54 Å². The van der Waals surface area contributed by atoms with E-state index >= 15 is 0 Å². The predicted molar refractivity (Wildman–Crippen MR) is 79.9 cm³/mol. The SMILES string of the molecule is CNCc1cc(-c2ccccc2OCCOC)cs1. The van der Waals surface area contributed by atoms with Gasteiger partial charge in [0.1, 0.15) is 12.4 Å². The molecule has 1 aromatic carbocycles. The van der Waals surface area contributed by atoms with E-state index < -0.39 is 0 Å². The van der Waals surface area contributed by atoms with E-state index in [0.717, 1.165) is 17.9 Å². The van der Waals surface area contributed by atoms with Crippen LogP contribution in [0.25, 0.3) is 11.1 Å². The monoisotopic (exact) mass is 277 g/mol. The molecule has 0 saturated carbocycles. The first-order valence-corrected chi connectivity index (χ1v) is 7.16. The highest BCUT2D eigenvalue weighted by atomic mass is 32.1. The number of methoxy groups -OCH3 is 1. The van der Waals surface area contributed by atoms with Crippen molar-refractivity contribution in [2.75, 3.05) is 27.4 Å². The van der Waals surface area contributed by atoms with Gasteiger partial charge in [-0.1, -0.05) is 18.2 Å². The van der Waals surface area contributed by atoms with E-state index in [1.807, 2.05) is 25.2 Å². The van der Waals surface area contributed by atoms with E-state index in [4.69, 9.17) is 9.47 Å². The molecule has 0 spiro atoms. The zero-order valence-corrected chi connectivity index (χ0v) is 12.1. The van der Waals surface area contributed by atoms with Gasteiger partial charge in [0, 0.05) is 24.1 Å². The molecule has 0 aliphatic carbocycles. The Morgan fingerprint density at radius 2 is 2.05 bits per heavy atom. The number of hydrogen-bond acceptors (Lipinski definition) is 4. The molecule has 0 saturated heterocycles. The smallest absolute Gasteiger partial charge is 0.127 e. The zero-order chi connectivity index (χ0) is 13.5. The molecule has 2 aromatic rings. The maximum absolute atomic E-state index is 5.77. The van der Waals surface area contributed by atoms with Crippen LogP contribution in [0, 0.1) is 0 Å². The van der Waals surface area contributed by atoms with Gasteiger partial charge in [0.05, 0.1) is 6.61 Å². The Hall–Kier alpha value is -1.36. The number of nitrogens with one attached hydrogen (secondary N) is 1. The lowest BCUT2D eigenvalue weighted by molar-refractivity contribution is 0.146. The number of ether oxygens (including phenoxy) is 2. The standard InChI is InChI=1S/C15H19NO2S/c1-16-10-13-9-12(11-19-13)14-5-3-4-6-15(14)18-8-7-17-2/h3-6,9,11,16H,7-8,10H2,1-2H3.